The Balaban J connectivity index is 2.47. The molecule has 102 valence electrons. The second kappa shape index (κ2) is 5.48. The smallest absolute Gasteiger partial charge is 0.339 e. The summed E-state index contributed by atoms with van der Waals surface area (Å²) in [6, 6.07) is 4.40. The number of piperidine rings is 1. The van der Waals surface area contributed by atoms with Crippen molar-refractivity contribution in [1.82, 2.24) is 0 Å². The van der Waals surface area contributed by atoms with E-state index in [9.17, 15) is 14.7 Å². The lowest BCUT2D eigenvalue weighted by atomic mass is 9.99. The van der Waals surface area contributed by atoms with E-state index in [1.807, 2.05) is 0 Å². The number of hydrogen-bond acceptors (Lipinski definition) is 3. The van der Waals surface area contributed by atoms with E-state index in [0.717, 1.165) is 12.8 Å². The first-order valence-electron chi connectivity index (χ1n) is 6.10. The molecule has 0 aromatic heterocycles. The van der Waals surface area contributed by atoms with E-state index in [2.05, 4.69) is 0 Å². The summed E-state index contributed by atoms with van der Waals surface area (Å²) in [6.07, 6.45) is 2.45. The summed E-state index contributed by atoms with van der Waals surface area (Å²) >= 11 is 5.95. The molecule has 0 spiro atoms. The second-order valence-electron chi connectivity index (χ2n) is 4.55. The van der Waals surface area contributed by atoms with E-state index in [1.165, 1.54) is 6.07 Å². The van der Waals surface area contributed by atoms with Crippen molar-refractivity contribution in [2.75, 3.05) is 11.4 Å². The molecule has 1 aromatic carbocycles. The van der Waals surface area contributed by atoms with Crippen molar-refractivity contribution in [3.8, 4) is 0 Å². The minimum Gasteiger partial charge on any atom is -0.478 e. The third-order valence-electron chi connectivity index (χ3n) is 3.35. The number of benzene rings is 1. The highest BCUT2D eigenvalue weighted by Gasteiger charge is 2.30. The van der Waals surface area contributed by atoms with E-state index in [1.54, 1.807) is 17.0 Å². The number of primary amides is 1. The van der Waals surface area contributed by atoms with Crippen LogP contribution in [0.1, 0.15) is 29.6 Å². The Bertz CT molecular complexity index is 519. The van der Waals surface area contributed by atoms with Crippen LogP contribution in [0.25, 0.3) is 0 Å². The number of amides is 1. The van der Waals surface area contributed by atoms with Crippen LogP contribution in [0.2, 0.25) is 5.02 Å². The van der Waals surface area contributed by atoms with E-state index in [4.69, 9.17) is 17.3 Å². The number of aromatic carboxylic acids is 1. The van der Waals surface area contributed by atoms with Gasteiger partial charge < -0.3 is 15.7 Å². The topological polar surface area (TPSA) is 83.6 Å². The third kappa shape index (κ3) is 2.66. The second-order valence-corrected chi connectivity index (χ2v) is 4.95. The number of hydrogen-bond donors (Lipinski definition) is 2. The van der Waals surface area contributed by atoms with E-state index in [0.29, 0.717) is 18.7 Å². The van der Waals surface area contributed by atoms with Crippen molar-refractivity contribution >= 4 is 29.2 Å². The van der Waals surface area contributed by atoms with E-state index in [-0.39, 0.29) is 10.6 Å². The molecule has 1 aromatic rings. The number of nitrogens with zero attached hydrogens (tertiary/aromatic N) is 1. The molecule has 1 heterocycles. The van der Waals surface area contributed by atoms with Gasteiger partial charge in [-0.3, -0.25) is 4.79 Å². The molecule has 6 heteroatoms. The molecule has 2 rings (SSSR count). The molecule has 1 atom stereocenters. The molecule has 0 aliphatic carbocycles. The fraction of sp³-hybridized carbons (Fsp3) is 0.385. The van der Waals surface area contributed by atoms with Crippen LogP contribution in [0.5, 0.6) is 0 Å². The Morgan fingerprint density at radius 1 is 1.37 bits per heavy atom. The number of anilines is 1. The minimum absolute atomic E-state index is 0.0253. The van der Waals surface area contributed by atoms with Crippen molar-refractivity contribution in [1.29, 1.82) is 0 Å². The normalized spacial score (nSPS) is 19.2. The van der Waals surface area contributed by atoms with Gasteiger partial charge in [0.2, 0.25) is 5.91 Å². The van der Waals surface area contributed by atoms with Crippen molar-refractivity contribution in [2.24, 2.45) is 5.73 Å². The molecule has 1 aliphatic rings. The maximum Gasteiger partial charge on any atom is 0.339 e. The van der Waals surface area contributed by atoms with Gasteiger partial charge in [0, 0.05) is 6.54 Å². The number of carbonyl (C=O) groups excluding carboxylic acids is 1. The number of nitrogens with two attached hydrogens (primary N) is 1. The lowest BCUT2D eigenvalue weighted by Crippen LogP contribution is -2.48. The molecular formula is C13H15ClN2O3. The summed E-state index contributed by atoms with van der Waals surface area (Å²) in [7, 11) is 0. The molecule has 1 aliphatic heterocycles. The zero-order chi connectivity index (χ0) is 14.0. The van der Waals surface area contributed by atoms with Gasteiger partial charge in [-0.1, -0.05) is 17.7 Å². The highest BCUT2D eigenvalue weighted by atomic mass is 35.5. The van der Waals surface area contributed by atoms with Gasteiger partial charge in [0.25, 0.3) is 0 Å². The van der Waals surface area contributed by atoms with Gasteiger partial charge in [0.05, 0.1) is 10.7 Å². The molecule has 1 amide bonds. The lowest BCUT2D eigenvalue weighted by molar-refractivity contribution is -0.119. The summed E-state index contributed by atoms with van der Waals surface area (Å²) in [5.74, 6) is -1.54. The molecule has 0 radical (unpaired) electrons. The lowest BCUT2D eigenvalue weighted by Gasteiger charge is -2.36. The molecule has 1 unspecified atom stereocenters. The molecular weight excluding hydrogens is 268 g/mol. The van der Waals surface area contributed by atoms with Crippen LogP contribution in [0.3, 0.4) is 0 Å². The van der Waals surface area contributed by atoms with Crippen LogP contribution in [0.15, 0.2) is 18.2 Å². The zero-order valence-electron chi connectivity index (χ0n) is 10.3. The summed E-state index contributed by atoms with van der Waals surface area (Å²) in [5.41, 5.74) is 5.89. The zero-order valence-corrected chi connectivity index (χ0v) is 11.1. The highest BCUT2D eigenvalue weighted by Crippen LogP contribution is 2.32. The van der Waals surface area contributed by atoms with Crippen molar-refractivity contribution in [2.45, 2.75) is 25.3 Å². The fourth-order valence-electron chi connectivity index (χ4n) is 2.48. The monoisotopic (exact) mass is 282 g/mol. The number of rotatable bonds is 3. The fourth-order valence-corrected chi connectivity index (χ4v) is 2.73. The molecule has 1 saturated heterocycles. The largest absolute Gasteiger partial charge is 0.478 e. The Morgan fingerprint density at radius 3 is 2.74 bits per heavy atom. The Kier molecular flexibility index (Phi) is 3.95. The molecule has 5 nitrogen and oxygen atoms in total. The first kappa shape index (κ1) is 13.7. The first-order valence-corrected chi connectivity index (χ1v) is 6.48. The molecule has 19 heavy (non-hydrogen) atoms. The van der Waals surface area contributed by atoms with Crippen LogP contribution in [-0.4, -0.2) is 29.6 Å². The standard InChI is InChI=1S/C13H15ClN2O3/c14-8-4-3-6-9(11(8)13(18)19)16-7-2-1-5-10(16)12(15)17/h3-4,6,10H,1-2,5,7H2,(H2,15,17)(H,18,19). The van der Waals surface area contributed by atoms with Crippen LogP contribution in [0.4, 0.5) is 5.69 Å². The summed E-state index contributed by atoms with van der Waals surface area (Å²) in [4.78, 5) is 24.6. The van der Waals surface area contributed by atoms with Gasteiger partial charge in [-0.2, -0.15) is 0 Å². The van der Waals surface area contributed by atoms with Gasteiger partial charge in [-0.05, 0) is 31.4 Å². The van der Waals surface area contributed by atoms with E-state index < -0.39 is 17.9 Å². The Morgan fingerprint density at radius 2 is 2.11 bits per heavy atom. The number of carbonyl (C=O) groups is 2. The Hall–Kier alpha value is -1.75. The first-order chi connectivity index (χ1) is 9.02. The molecule has 1 fully saturated rings. The predicted octanol–water partition coefficient (Wildman–Crippen LogP) is 1.88. The van der Waals surface area contributed by atoms with Crippen molar-refractivity contribution < 1.29 is 14.7 Å². The number of carboxylic acids is 1. The van der Waals surface area contributed by atoms with Crippen LogP contribution < -0.4 is 10.6 Å². The quantitative estimate of drug-likeness (QED) is 0.887. The van der Waals surface area contributed by atoms with E-state index >= 15 is 0 Å². The third-order valence-corrected chi connectivity index (χ3v) is 3.66. The van der Waals surface area contributed by atoms with Crippen LogP contribution >= 0.6 is 11.6 Å². The van der Waals surface area contributed by atoms with Gasteiger partial charge in [-0.15, -0.1) is 0 Å². The maximum atomic E-state index is 11.5. The molecule has 0 bridgehead atoms. The summed E-state index contributed by atoms with van der Waals surface area (Å²) < 4.78 is 0. The van der Waals surface area contributed by atoms with Gasteiger partial charge in [0.15, 0.2) is 0 Å². The molecule has 3 N–H and O–H groups in total. The predicted molar refractivity (Wildman–Crippen MR) is 72.6 cm³/mol. The number of halogens is 1. The van der Waals surface area contributed by atoms with Crippen molar-refractivity contribution in [3.63, 3.8) is 0 Å². The maximum absolute atomic E-state index is 11.5. The number of carboxylic acid groups (broad SMARTS) is 1. The molecule has 0 saturated carbocycles. The van der Waals surface area contributed by atoms with Gasteiger partial charge in [0.1, 0.15) is 11.6 Å². The minimum atomic E-state index is -1.10. The Labute approximate surface area is 116 Å². The van der Waals surface area contributed by atoms with Crippen molar-refractivity contribution in [3.05, 3.63) is 28.8 Å². The summed E-state index contributed by atoms with van der Waals surface area (Å²) in [5, 5.41) is 9.44. The SMILES string of the molecule is NC(=O)C1CCCCN1c1cccc(Cl)c1C(=O)O. The van der Waals surface area contributed by atoms with Gasteiger partial charge >= 0.3 is 5.97 Å². The average Bonchev–Trinajstić information content (AvgIpc) is 2.37. The van der Waals surface area contributed by atoms with Crippen LogP contribution in [-0.2, 0) is 4.79 Å². The van der Waals surface area contributed by atoms with Gasteiger partial charge in [-0.25, -0.2) is 4.79 Å². The van der Waals surface area contributed by atoms with Crippen LogP contribution in [0, 0.1) is 0 Å². The summed E-state index contributed by atoms with van der Waals surface area (Å²) in [6.45, 7) is 0.605. The highest BCUT2D eigenvalue weighted by molar-refractivity contribution is 6.34. The average molecular weight is 283 g/mol.